The van der Waals surface area contributed by atoms with E-state index in [1.54, 1.807) is 6.07 Å². The maximum Gasteiger partial charge on any atom is 0.340 e. The molecule has 0 saturated heterocycles. The van der Waals surface area contributed by atoms with Crippen LogP contribution in [0.25, 0.3) is 0 Å². The summed E-state index contributed by atoms with van der Waals surface area (Å²) in [4.78, 5) is 13.2. The average Bonchev–Trinajstić information content (AvgIpc) is 3.18. The quantitative estimate of drug-likeness (QED) is 0.237. The smallest absolute Gasteiger partial charge is 0.340 e. The van der Waals surface area contributed by atoms with Gasteiger partial charge in [-0.1, -0.05) is 56.7 Å². The molecule has 2 aliphatic rings. The lowest BCUT2D eigenvalue weighted by molar-refractivity contribution is 0.0227. The van der Waals surface area contributed by atoms with Crippen molar-refractivity contribution in [3.63, 3.8) is 0 Å². The van der Waals surface area contributed by atoms with Crippen molar-refractivity contribution in [2.24, 2.45) is 0 Å². The number of aryl methyl sites for hydroxylation is 2. The van der Waals surface area contributed by atoms with E-state index in [0.717, 1.165) is 47.3 Å². The van der Waals surface area contributed by atoms with Crippen LogP contribution in [-0.2, 0) is 23.2 Å². The lowest BCUT2D eigenvalue weighted by atomic mass is 9.76. The molecule has 1 unspecified atom stereocenters. The van der Waals surface area contributed by atoms with Gasteiger partial charge >= 0.3 is 5.97 Å². The van der Waals surface area contributed by atoms with Crippen molar-refractivity contribution in [1.29, 1.82) is 0 Å². The number of nitrogens with one attached hydrogen (secondary N) is 1. The first-order valence-electron chi connectivity index (χ1n) is 12.5. The van der Waals surface area contributed by atoms with Gasteiger partial charge in [0.2, 0.25) is 0 Å². The van der Waals surface area contributed by atoms with E-state index in [4.69, 9.17) is 15.2 Å². The zero-order chi connectivity index (χ0) is 24.9. The highest BCUT2D eigenvalue weighted by atomic mass is 16.6. The van der Waals surface area contributed by atoms with Crippen molar-refractivity contribution < 1.29 is 14.3 Å². The first-order valence-corrected chi connectivity index (χ1v) is 12.5. The molecular formula is C31H28N2O3. The van der Waals surface area contributed by atoms with E-state index in [1.165, 1.54) is 11.1 Å². The molecule has 0 saturated carbocycles. The summed E-state index contributed by atoms with van der Waals surface area (Å²) in [5, 5.41) is 3.68. The SMILES string of the molecule is CCCc1cc(CC)ccc1Nc1cccc2c1C1(OC(=O)c3ccccc31)c1cc(N)ccc1O2. The zero-order valence-corrected chi connectivity index (χ0v) is 20.4. The summed E-state index contributed by atoms with van der Waals surface area (Å²) in [6.45, 7) is 4.35. The Morgan fingerprint density at radius 1 is 0.861 bits per heavy atom. The monoisotopic (exact) mass is 476 g/mol. The van der Waals surface area contributed by atoms with Crippen LogP contribution in [0.1, 0.15) is 58.4 Å². The number of ether oxygens (including phenoxy) is 2. The van der Waals surface area contributed by atoms with Gasteiger partial charge in [-0.3, -0.25) is 0 Å². The number of nitrogen functional groups attached to an aromatic ring is 1. The molecule has 0 amide bonds. The summed E-state index contributed by atoms with van der Waals surface area (Å²) in [5.41, 5.74) is 12.9. The van der Waals surface area contributed by atoms with Gasteiger partial charge in [0.15, 0.2) is 5.60 Å². The normalized spacial score (nSPS) is 17.1. The fourth-order valence-electron chi connectivity index (χ4n) is 5.46. The molecule has 4 aromatic carbocycles. The Kier molecular flexibility index (Phi) is 5.22. The van der Waals surface area contributed by atoms with Crippen molar-refractivity contribution in [2.45, 2.75) is 38.7 Å². The van der Waals surface area contributed by atoms with Crippen molar-refractivity contribution in [1.82, 2.24) is 0 Å². The van der Waals surface area contributed by atoms with Crippen LogP contribution in [0.15, 0.2) is 78.9 Å². The van der Waals surface area contributed by atoms with E-state index in [2.05, 4.69) is 37.4 Å². The van der Waals surface area contributed by atoms with Gasteiger partial charge in [-0.15, -0.1) is 0 Å². The molecule has 0 fully saturated rings. The van der Waals surface area contributed by atoms with Crippen LogP contribution in [0, 0.1) is 0 Å². The molecule has 5 heteroatoms. The van der Waals surface area contributed by atoms with Crippen LogP contribution in [0.2, 0.25) is 0 Å². The van der Waals surface area contributed by atoms with Crippen LogP contribution >= 0.6 is 0 Å². The van der Waals surface area contributed by atoms with Crippen molar-refractivity contribution in [3.05, 3.63) is 112 Å². The molecule has 2 heterocycles. The fraction of sp³-hybridized carbons (Fsp3) is 0.194. The van der Waals surface area contributed by atoms with E-state index >= 15 is 0 Å². The van der Waals surface area contributed by atoms with Crippen LogP contribution in [0.4, 0.5) is 17.1 Å². The Morgan fingerprint density at radius 3 is 2.56 bits per heavy atom. The van der Waals surface area contributed by atoms with Gasteiger partial charge in [0.25, 0.3) is 0 Å². The van der Waals surface area contributed by atoms with Gasteiger partial charge in [-0.2, -0.15) is 0 Å². The fourth-order valence-corrected chi connectivity index (χ4v) is 5.46. The Balaban J connectivity index is 1.60. The molecular weight excluding hydrogens is 448 g/mol. The molecule has 2 aliphatic heterocycles. The van der Waals surface area contributed by atoms with Gasteiger partial charge in [-0.05, 0) is 66.4 Å². The topological polar surface area (TPSA) is 73.6 Å². The lowest BCUT2D eigenvalue weighted by Gasteiger charge is -2.38. The highest BCUT2D eigenvalue weighted by molar-refractivity contribution is 5.97. The van der Waals surface area contributed by atoms with Crippen LogP contribution in [0.3, 0.4) is 0 Å². The molecule has 1 spiro atoms. The second-order valence-electron chi connectivity index (χ2n) is 9.37. The number of nitrogens with two attached hydrogens (primary N) is 1. The zero-order valence-electron chi connectivity index (χ0n) is 20.4. The van der Waals surface area contributed by atoms with Crippen LogP contribution in [0.5, 0.6) is 11.5 Å². The summed E-state index contributed by atoms with van der Waals surface area (Å²) < 4.78 is 12.7. The van der Waals surface area contributed by atoms with E-state index in [9.17, 15) is 4.79 Å². The third-order valence-electron chi connectivity index (χ3n) is 7.12. The Bertz CT molecular complexity index is 1510. The van der Waals surface area contributed by atoms with E-state index in [-0.39, 0.29) is 5.97 Å². The molecule has 5 nitrogen and oxygen atoms in total. The van der Waals surface area contributed by atoms with Crippen molar-refractivity contribution in [2.75, 3.05) is 11.1 Å². The van der Waals surface area contributed by atoms with Crippen LogP contribution in [-0.4, -0.2) is 5.97 Å². The number of anilines is 3. The molecule has 0 bridgehead atoms. The van der Waals surface area contributed by atoms with Crippen molar-refractivity contribution >= 4 is 23.0 Å². The van der Waals surface area contributed by atoms with Gasteiger partial charge < -0.3 is 20.5 Å². The molecule has 3 N–H and O–H groups in total. The average molecular weight is 477 g/mol. The summed E-state index contributed by atoms with van der Waals surface area (Å²) >= 11 is 0. The standard InChI is InChI=1S/C31H28N2O3/c1-3-8-20-17-19(4-2)13-15-25(20)33-26-11-7-12-28-29(26)31(24-18-21(32)14-16-27(24)35-28)23-10-6-5-9-22(23)30(34)36-31/h5-7,9-18,33H,3-4,8,32H2,1-2H3. The Morgan fingerprint density at radius 2 is 1.72 bits per heavy atom. The number of hydrogen-bond donors (Lipinski definition) is 2. The highest BCUT2D eigenvalue weighted by Crippen LogP contribution is 2.58. The maximum absolute atomic E-state index is 13.2. The number of carbonyl (C=O) groups is 1. The van der Waals surface area contributed by atoms with E-state index in [0.29, 0.717) is 22.7 Å². The Hall–Kier alpha value is -4.25. The van der Waals surface area contributed by atoms with E-state index < -0.39 is 5.60 Å². The number of fused-ring (bicyclic) bond motifs is 6. The first-order chi connectivity index (χ1) is 17.5. The first kappa shape index (κ1) is 22.2. The molecule has 0 aliphatic carbocycles. The minimum absolute atomic E-state index is 0.361. The van der Waals surface area contributed by atoms with Gasteiger partial charge in [0.1, 0.15) is 11.5 Å². The van der Waals surface area contributed by atoms with Crippen molar-refractivity contribution in [3.8, 4) is 11.5 Å². The molecule has 4 aromatic rings. The summed E-state index contributed by atoms with van der Waals surface area (Å²) in [5.74, 6) is 0.905. The second-order valence-corrected chi connectivity index (χ2v) is 9.37. The highest BCUT2D eigenvalue weighted by Gasteiger charge is 2.54. The third kappa shape index (κ3) is 3.27. The summed E-state index contributed by atoms with van der Waals surface area (Å²) in [7, 11) is 0. The molecule has 0 aromatic heterocycles. The summed E-state index contributed by atoms with van der Waals surface area (Å²) in [6, 6.07) is 25.5. The molecule has 1 atom stereocenters. The minimum Gasteiger partial charge on any atom is -0.456 e. The number of rotatable bonds is 5. The molecule has 36 heavy (non-hydrogen) atoms. The molecule has 6 rings (SSSR count). The maximum atomic E-state index is 13.2. The van der Waals surface area contributed by atoms with Gasteiger partial charge in [0, 0.05) is 22.5 Å². The predicted octanol–water partition coefficient (Wildman–Crippen LogP) is 7.10. The number of carbonyl (C=O) groups excluding carboxylic acids is 1. The lowest BCUT2D eigenvalue weighted by Crippen LogP contribution is -2.34. The van der Waals surface area contributed by atoms with Gasteiger partial charge in [0.05, 0.1) is 16.8 Å². The van der Waals surface area contributed by atoms with Gasteiger partial charge in [-0.25, -0.2) is 4.79 Å². The number of esters is 1. The molecule has 0 radical (unpaired) electrons. The third-order valence-corrected chi connectivity index (χ3v) is 7.12. The number of hydrogen-bond acceptors (Lipinski definition) is 5. The van der Waals surface area contributed by atoms with Crippen LogP contribution < -0.4 is 15.8 Å². The second kappa shape index (κ2) is 8.45. The Labute approximate surface area is 210 Å². The number of benzene rings is 4. The van der Waals surface area contributed by atoms with E-state index in [1.807, 2.05) is 54.6 Å². The predicted molar refractivity (Wildman–Crippen MR) is 142 cm³/mol. The minimum atomic E-state index is -1.18. The largest absolute Gasteiger partial charge is 0.456 e. The summed E-state index contributed by atoms with van der Waals surface area (Å²) in [6.07, 6.45) is 2.99. The molecule has 180 valence electrons.